The van der Waals surface area contributed by atoms with Crippen LogP contribution in [0.5, 0.6) is 0 Å². The van der Waals surface area contributed by atoms with Crippen molar-refractivity contribution >= 4 is 32.5 Å². The molecule has 3 aromatic carbocycles. The molecule has 0 bridgehead atoms. The van der Waals surface area contributed by atoms with Crippen molar-refractivity contribution in [1.82, 2.24) is 0 Å². The number of carboxylic acid groups (broad SMARTS) is 1. The number of carbonyl (C=O) groups is 1. The lowest BCUT2D eigenvalue weighted by Gasteiger charge is -2.44. The van der Waals surface area contributed by atoms with Gasteiger partial charge in [0.15, 0.2) is 0 Å². The maximum atomic E-state index is 11.9. The molecule has 48 heavy (non-hydrogen) atoms. The fraction of sp³-hybridized carbons (Fsp3) is 0.425. The van der Waals surface area contributed by atoms with Crippen LogP contribution in [0, 0.1) is 0 Å². The van der Waals surface area contributed by atoms with Crippen LogP contribution in [0.3, 0.4) is 0 Å². The molecule has 0 amide bonds. The summed E-state index contributed by atoms with van der Waals surface area (Å²) in [6.45, 7) is 12.5. The van der Waals surface area contributed by atoms with E-state index in [4.69, 9.17) is 11.3 Å². The lowest BCUT2D eigenvalue weighted by molar-refractivity contribution is -0.137. The first-order valence-corrected chi connectivity index (χ1v) is 18.7. The Morgan fingerprint density at radius 2 is 1.81 bits per heavy atom. The average molecular weight is 668 g/mol. The Hall–Kier alpha value is -3.72. The van der Waals surface area contributed by atoms with Crippen molar-refractivity contribution in [1.29, 1.82) is 0 Å². The van der Waals surface area contributed by atoms with Crippen molar-refractivity contribution in [3.63, 3.8) is 0 Å². The van der Waals surface area contributed by atoms with E-state index >= 15 is 0 Å². The van der Waals surface area contributed by atoms with E-state index in [0.29, 0.717) is 6.42 Å². The van der Waals surface area contributed by atoms with Crippen LogP contribution in [0.2, 0.25) is 0 Å². The van der Waals surface area contributed by atoms with Crippen molar-refractivity contribution in [2.45, 2.75) is 106 Å². The third-order valence-corrected chi connectivity index (χ3v) is 12.2. The van der Waals surface area contributed by atoms with Gasteiger partial charge in [0.1, 0.15) is 0 Å². The largest absolute Gasteiger partial charge is 0.481 e. The number of ether oxygens (including phenoxy) is 1. The van der Waals surface area contributed by atoms with E-state index in [0.717, 1.165) is 84.7 Å². The second-order valence-electron chi connectivity index (χ2n) is 14.7. The Bertz CT molecular complexity index is 2010. The third kappa shape index (κ3) is 5.42. The number of nitrogens with zero attached hydrogens (tertiary/aromatic N) is 1. The maximum Gasteiger partial charge on any atom is 0.303 e. The van der Waals surface area contributed by atoms with Gasteiger partial charge in [-0.25, -0.2) is 0 Å². The predicted octanol–water partition coefficient (Wildman–Crippen LogP) is 8.42. The summed E-state index contributed by atoms with van der Waals surface area (Å²) in [6, 6.07) is 17.6. The quantitative estimate of drug-likeness (QED) is 0.193. The van der Waals surface area contributed by atoms with Crippen molar-refractivity contribution < 1.29 is 27.6 Å². The Kier molecular flexibility index (Phi) is 8.21. The average Bonchev–Trinajstić information content (AvgIpc) is 3.31. The highest BCUT2D eigenvalue weighted by molar-refractivity contribution is 7.85. The number of rotatable bonds is 7. The first kappa shape index (κ1) is 32.8. The maximum absolute atomic E-state index is 11.9. The molecule has 3 aliphatic heterocycles. The molecule has 2 N–H and O–H groups in total. The Morgan fingerprint density at radius 3 is 2.58 bits per heavy atom. The smallest absolute Gasteiger partial charge is 0.303 e. The van der Waals surface area contributed by atoms with Gasteiger partial charge in [0.2, 0.25) is 0 Å². The molecular weight excluding hydrogens is 623 g/mol. The summed E-state index contributed by atoms with van der Waals surface area (Å²) in [5.74, 6) is -0.746. The van der Waals surface area contributed by atoms with Gasteiger partial charge in [-0.1, -0.05) is 76.6 Å². The minimum Gasteiger partial charge on any atom is -0.481 e. The summed E-state index contributed by atoms with van der Waals surface area (Å²) in [4.78, 5) is 13.5. The van der Waals surface area contributed by atoms with E-state index in [1.807, 2.05) is 12.1 Å². The fourth-order valence-electron chi connectivity index (χ4n) is 9.01. The van der Waals surface area contributed by atoms with Crippen LogP contribution in [0.25, 0.3) is 10.8 Å². The van der Waals surface area contributed by atoms with Crippen molar-refractivity contribution in [2.24, 2.45) is 0 Å². The SMILES string of the molecule is C=C1C2=CC3=C4N(CCC3OC2CCCc2ccccc2C1(C)CCCCCC(=O)O)c1ccc2cc(S(=O)(=O)O)ccc2c1C4(C)C. The second kappa shape index (κ2) is 12.0. The summed E-state index contributed by atoms with van der Waals surface area (Å²) >= 11 is 0. The minimum absolute atomic E-state index is 0.0332. The number of aliphatic carboxylic acids is 1. The molecule has 0 radical (unpaired) electrons. The standard InChI is InChI=1S/C40H45NO6S/c1-25-30-24-31-35(47-34(30)14-10-12-26-11-7-8-13-32(26)40(25,4)21-9-5-6-15-36(42)43)20-22-41-33-19-16-27-23-28(48(44,45)46)17-18-29(27)37(33)39(2,3)38(31)41/h7-8,11,13,16-19,23-24,34-35H,1,5-6,9-10,12,14-15,20-22H2,2-4H3,(H,42,43)(H,44,45,46). The molecule has 4 aliphatic rings. The highest BCUT2D eigenvalue weighted by atomic mass is 32.2. The van der Waals surface area contributed by atoms with E-state index in [1.165, 1.54) is 28.5 Å². The van der Waals surface area contributed by atoms with Crippen LogP contribution < -0.4 is 4.90 Å². The normalized spacial score (nSPS) is 24.8. The summed E-state index contributed by atoms with van der Waals surface area (Å²) in [5.41, 5.74) is 8.87. The number of anilines is 1. The van der Waals surface area contributed by atoms with Crippen molar-refractivity contribution in [2.75, 3.05) is 11.4 Å². The summed E-state index contributed by atoms with van der Waals surface area (Å²) < 4.78 is 40.6. The summed E-state index contributed by atoms with van der Waals surface area (Å²) in [7, 11) is -4.32. The Balaban J connectivity index is 1.34. The zero-order valence-electron chi connectivity index (χ0n) is 28.1. The van der Waals surface area contributed by atoms with Crippen LogP contribution in [0.4, 0.5) is 5.69 Å². The van der Waals surface area contributed by atoms with Crippen LogP contribution in [0.1, 0.15) is 88.8 Å². The monoisotopic (exact) mass is 667 g/mol. The summed E-state index contributed by atoms with van der Waals surface area (Å²) in [5, 5.41) is 10.9. The molecule has 252 valence electrons. The van der Waals surface area contributed by atoms with E-state index in [1.54, 1.807) is 6.07 Å². The highest BCUT2D eigenvalue weighted by Gasteiger charge is 2.48. The molecule has 7 nitrogen and oxygen atoms in total. The molecule has 1 aliphatic carbocycles. The molecule has 3 aromatic rings. The van der Waals surface area contributed by atoms with Gasteiger partial charge in [0, 0.05) is 40.8 Å². The molecule has 3 atom stereocenters. The van der Waals surface area contributed by atoms with Crippen LogP contribution in [0.15, 0.2) is 94.6 Å². The fourth-order valence-corrected chi connectivity index (χ4v) is 9.53. The minimum atomic E-state index is -4.32. The number of benzene rings is 3. The molecule has 0 aromatic heterocycles. The molecule has 0 saturated carbocycles. The van der Waals surface area contributed by atoms with Crippen molar-refractivity contribution in [3.05, 3.63) is 106 Å². The van der Waals surface area contributed by atoms with Gasteiger partial charge in [0.25, 0.3) is 10.1 Å². The molecule has 3 unspecified atom stereocenters. The van der Waals surface area contributed by atoms with Crippen molar-refractivity contribution in [3.8, 4) is 0 Å². The number of hydrogen-bond donors (Lipinski definition) is 2. The first-order chi connectivity index (χ1) is 22.8. The Labute approximate surface area is 283 Å². The third-order valence-electron chi connectivity index (χ3n) is 11.4. The number of unbranched alkanes of at least 4 members (excludes halogenated alkanes) is 2. The number of hydrogen-bond acceptors (Lipinski definition) is 5. The second-order valence-corrected chi connectivity index (χ2v) is 16.1. The molecule has 7 rings (SSSR count). The molecule has 3 heterocycles. The van der Waals surface area contributed by atoms with Gasteiger partial charge in [-0.3, -0.25) is 9.35 Å². The van der Waals surface area contributed by atoms with Crippen LogP contribution in [-0.2, 0) is 36.9 Å². The predicted molar refractivity (Wildman–Crippen MR) is 189 cm³/mol. The lowest BCUT2D eigenvalue weighted by Crippen LogP contribution is -2.43. The van der Waals surface area contributed by atoms with Crippen LogP contribution in [-0.4, -0.2) is 42.8 Å². The van der Waals surface area contributed by atoms with Gasteiger partial charge in [-0.2, -0.15) is 8.42 Å². The van der Waals surface area contributed by atoms with E-state index in [-0.39, 0.29) is 28.9 Å². The summed E-state index contributed by atoms with van der Waals surface area (Å²) in [6.07, 6.45) is 9.59. The topological polar surface area (TPSA) is 104 Å². The molecular formula is C40H45NO6S. The van der Waals surface area contributed by atoms with E-state index in [9.17, 15) is 22.9 Å². The zero-order valence-corrected chi connectivity index (χ0v) is 28.9. The molecule has 0 fully saturated rings. The first-order valence-electron chi connectivity index (χ1n) is 17.2. The van der Waals surface area contributed by atoms with Gasteiger partial charge in [0.05, 0.1) is 17.1 Å². The van der Waals surface area contributed by atoms with Gasteiger partial charge >= 0.3 is 5.97 Å². The number of carboxylic acids is 1. The molecule has 0 spiro atoms. The highest BCUT2D eigenvalue weighted by Crippen LogP contribution is 2.56. The van der Waals surface area contributed by atoms with E-state index in [2.05, 4.69) is 62.1 Å². The number of aryl methyl sites for hydroxylation is 1. The molecule has 8 heteroatoms. The van der Waals surface area contributed by atoms with Gasteiger partial charge in [-0.15, -0.1) is 0 Å². The number of fused-ring (bicyclic) bond motifs is 8. The number of allylic oxidation sites excluding steroid dienone is 1. The lowest BCUT2D eigenvalue weighted by atomic mass is 9.67. The molecule has 0 saturated heterocycles. The Morgan fingerprint density at radius 1 is 1.02 bits per heavy atom. The van der Waals surface area contributed by atoms with Crippen LogP contribution >= 0.6 is 0 Å². The van der Waals surface area contributed by atoms with Gasteiger partial charge < -0.3 is 14.7 Å². The zero-order chi connectivity index (χ0) is 34.0. The van der Waals surface area contributed by atoms with E-state index < -0.39 is 21.5 Å². The van der Waals surface area contributed by atoms with Gasteiger partial charge in [-0.05, 0) is 101 Å².